The molecule has 2 nitrogen and oxygen atoms in total. The molecule has 4 heteroatoms. The van der Waals surface area contributed by atoms with Crippen LogP contribution in [0.25, 0.3) is 0 Å². The first kappa shape index (κ1) is 15.9. The van der Waals surface area contributed by atoms with Crippen LogP contribution in [0.15, 0.2) is 42.5 Å². The van der Waals surface area contributed by atoms with E-state index in [0.29, 0.717) is 21.4 Å². The van der Waals surface area contributed by atoms with Crippen molar-refractivity contribution in [3.63, 3.8) is 0 Å². The third-order valence-electron chi connectivity index (χ3n) is 3.06. The Morgan fingerprint density at radius 1 is 1.10 bits per heavy atom. The van der Waals surface area contributed by atoms with Gasteiger partial charge in [-0.25, -0.2) is 0 Å². The Balaban J connectivity index is 1.97. The fourth-order valence-electron chi connectivity index (χ4n) is 1.98. The Hall–Kier alpha value is -1.51. The van der Waals surface area contributed by atoms with Gasteiger partial charge in [0.15, 0.2) is 6.61 Å². The lowest BCUT2D eigenvalue weighted by Gasteiger charge is -2.08. The third kappa shape index (κ3) is 4.48. The summed E-state index contributed by atoms with van der Waals surface area (Å²) in [4.78, 5) is 12.1. The minimum absolute atomic E-state index is 0.0471. The molecule has 0 atom stereocenters. The van der Waals surface area contributed by atoms with Crippen LogP contribution in [-0.4, -0.2) is 12.4 Å². The fourth-order valence-corrected chi connectivity index (χ4v) is 2.50. The van der Waals surface area contributed by atoms with Gasteiger partial charge in [-0.05, 0) is 42.3 Å². The largest absolute Gasteiger partial charge is 0.485 e. The second-order valence-electron chi connectivity index (χ2n) is 4.73. The molecule has 0 aliphatic heterocycles. The predicted octanol–water partition coefficient (Wildman–Crippen LogP) is 5.21. The first-order valence-electron chi connectivity index (χ1n) is 6.80. The van der Waals surface area contributed by atoms with Crippen LogP contribution in [0.4, 0.5) is 0 Å². The second-order valence-corrected chi connectivity index (χ2v) is 5.57. The van der Waals surface area contributed by atoms with E-state index < -0.39 is 0 Å². The van der Waals surface area contributed by atoms with Crippen molar-refractivity contribution < 1.29 is 9.53 Å². The van der Waals surface area contributed by atoms with Gasteiger partial charge in [-0.2, -0.15) is 0 Å². The summed E-state index contributed by atoms with van der Waals surface area (Å²) in [6.45, 7) is 2.09. The molecule has 0 aromatic heterocycles. The predicted molar refractivity (Wildman–Crippen MR) is 86.7 cm³/mol. The van der Waals surface area contributed by atoms with Gasteiger partial charge in [0.25, 0.3) is 0 Å². The Bertz CT molecular complexity index is 621. The molecule has 21 heavy (non-hydrogen) atoms. The molecular weight excluding hydrogens is 307 g/mol. The molecule has 2 aromatic carbocycles. The van der Waals surface area contributed by atoms with Crippen LogP contribution in [0.3, 0.4) is 0 Å². The molecule has 110 valence electrons. The highest BCUT2D eigenvalue weighted by Gasteiger charge is 2.11. The number of benzene rings is 2. The van der Waals surface area contributed by atoms with Crippen LogP contribution in [-0.2, 0) is 6.42 Å². The van der Waals surface area contributed by atoms with E-state index in [2.05, 4.69) is 6.92 Å². The molecule has 0 radical (unpaired) electrons. The van der Waals surface area contributed by atoms with Crippen LogP contribution in [0, 0.1) is 0 Å². The average Bonchev–Trinajstić information content (AvgIpc) is 2.46. The molecule has 0 unspecified atom stereocenters. The van der Waals surface area contributed by atoms with Crippen molar-refractivity contribution in [2.45, 2.75) is 19.8 Å². The van der Waals surface area contributed by atoms with Crippen LogP contribution < -0.4 is 4.74 Å². The molecule has 2 aromatic rings. The SMILES string of the molecule is CCCc1ccc(OCC(=O)c2ccc(Cl)cc2Cl)cc1. The number of rotatable bonds is 6. The van der Waals surface area contributed by atoms with E-state index in [9.17, 15) is 4.79 Å². The van der Waals surface area contributed by atoms with Gasteiger partial charge in [0, 0.05) is 10.6 Å². The van der Waals surface area contributed by atoms with Crippen LogP contribution in [0.1, 0.15) is 29.3 Å². The van der Waals surface area contributed by atoms with Gasteiger partial charge in [0.2, 0.25) is 5.78 Å². The number of Topliss-reactive ketones (excluding diaryl/α,β-unsaturated/α-hetero) is 1. The van der Waals surface area contributed by atoms with Crippen molar-refractivity contribution in [2.24, 2.45) is 0 Å². The lowest BCUT2D eigenvalue weighted by molar-refractivity contribution is 0.0921. The number of halogens is 2. The molecule has 0 N–H and O–H groups in total. The van der Waals surface area contributed by atoms with Gasteiger partial charge in [0.05, 0.1) is 5.02 Å². The Morgan fingerprint density at radius 2 is 1.81 bits per heavy atom. The Kier molecular flexibility index (Phi) is 5.66. The maximum Gasteiger partial charge on any atom is 0.201 e. The average molecular weight is 323 g/mol. The highest BCUT2D eigenvalue weighted by molar-refractivity contribution is 6.36. The first-order valence-corrected chi connectivity index (χ1v) is 7.55. The van der Waals surface area contributed by atoms with Gasteiger partial charge in [-0.15, -0.1) is 0 Å². The van der Waals surface area contributed by atoms with Gasteiger partial charge in [-0.1, -0.05) is 48.7 Å². The van der Waals surface area contributed by atoms with Crippen molar-refractivity contribution in [1.82, 2.24) is 0 Å². The molecular formula is C17H16Cl2O2. The number of hydrogen-bond donors (Lipinski definition) is 0. The monoisotopic (exact) mass is 322 g/mol. The zero-order chi connectivity index (χ0) is 15.2. The number of hydrogen-bond acceptors (Lipinski definition) is 2. The summed E-state index contributed by atoms with van der Waals surface area (Å²) in [5.74, 6) is 0.502. The van der Waals surface area contributed by atoms with Crippen molar-refractivity contribution in [2.75, 3.05) is 6.61 Å². The number of carbonyl (C=O) groups is 1. The van der Waals surface area contributed by atoms with Crippen molar-refractivity contribution in [1.29, 1.82) is 0 Å². The Morgan fingerprint density at radius 3 is 2.43 bits per heavy atom. The summed E-state index contributed by atoms with van der Waals surface area (Å²) in [5.41, 5.74) is 1.68. The third-order valence-corrected chi connectivity index (χ3v) is 3.61. The molecule has 0 spiro atoms. The maximum absolute atomic E-state index is 12.1. The van der Waals surface area contributed by atoms with Crippen LogP contribution >= 0.6 is 23.2 Å². The molecule has 0 saturated heterocycles. The van der Waals surface area contributed by atoms with Gasteiger partial charge >= 0.3 is 0 Å². The fraction of sp³-hybridized carbons (Fsp3) is 0.235. The number of carbonyl (C=O) groups excluding carboxylic acids is 1. The van der Waals surface area contributed by atoms with E-state index in [1.807, 2.05) is 24.3 Å². The second kappa shape index (κ2) is 7.48. The topological polar surface area (TPSA) is 26.3 Å². The highest BCUT2D eigenvalue weighted by Crippen LogP contribution is 2.22. The van der Waals surface area contributed by atoms with E-state index in [0.717, 1.165) is 12.8 Å². The molecule has 0 heterocycles. The van der Waals surface area contributed by atoms with E-state index >= 15 is 0 Å². The normalized spacial score (nSPS) is 10.4. The molecule has 2 rings (SSSR count). The zero-order valence-electron chi connectivity index (χ0n) is 11.7. The quantitative estimate of drug-likeness (QED) is 0.682. The van der Waals surface area contributed by atoms with Crippen LogP contribution in [0.2, 0.25) is 10.0 Å². The van der Waals surface area contributed by atoms with Crippen molar-refractivity contribution >= 4 is 29.0 Å². The summed E-state index contributed by atoms with van der Waals surface area (Å²) in [5, 5.41) is 0.846. The van der Waals surface area contributed by atoms with Gasteiger partial charge < -0.3 is 4.74 Å². The molecule has 0 bridgehead atoms. The van der Waals surface area contributed by atoms with Crippen molar-refractivity contribution in [3.05, 3.63) is 63.6 Å². The van der Waals surface area contributed by atoms with Crippen molar-refractivity contribution in [3.8, 4) is 5.75 Å². The van der Waals surface area contributed by atoms with Gasteiger partial charge in [-0.3, -0.25) is 4.79 Å². The summed E-state index contributed by atoms with van der Waals surface area (Å²) in [6, 6.07) is 12.6. The van der Waals surface area contributed by atoms with E-state index in [-0.39, 0.29) is 12.4 Å². The van der Waals surface area contributed by atoms with E-state index in [1.165, 1.54) is 5.56 Å². The maximum atomic E-state index is 12.1. The lowest BCUT2D eigenvalue weighted by Crippen LogP contribution is -2.12. The number of aryl methyl sites for hydroxylation is 1. The lowest BCUT2D eigenvalue weighted by atomic mass is 10.1. The van der Waals surface area contributed by atoms with Gasteiger partial charge in [0.1, 0.15) is 5.75 Å². The minimum Gasteiger partial charge on any atom is -0.485 e. The van der Waals surface area contributed by atoms with E-state index in [4.69, 9.17) is 27.9 Å². The highest BCUT2D eigenvalue weighted by atomic mass is 35.5. The summed E-state index contributed by atoms with van der Waals surface area (Å²) >= 11 is 11.8. The smallest absolute Gasteiger partial charge is 0.201 e. The standard InChI is InChI=1S/C17H16Cl2O2/c1-2-3-12-4-7-14(8-5-12)21-11-17(20)15-9-6-13(18)10-16(15)19/h4-10H,2-3,11H2,1H3. The summed E-state index contributed by atoms with van der Waals surface area (Å²) < 4.78 is 5.50. The Labute approximate surface area is 134 Å². The summed E-state index contributed by atoms with van der Waals surface area (Å²) in [7, 11) is 0. The molecule has 0 aliphatic carbocycles. The first-order chi connectivity index (χ1) is 10.1. The van der Waals surface area contributed by atoms with Crippen LogP contribution in [0.5, 0.6) is 5.75 Å². The minimum atomic E-state index is -0.172. The molecule has 0 aliphatic rings. The molecule has 0 saturated carbocycles. The molecule has 0 amide bonds. The molecule has 0 fully saturated rings. The zero-order valence-corrected chi connectivity index (χ0v) is 13.2. The summed E-state index contributed by atoms with van der Waals surface area (Å²) in [6.07, 6.45) is 2.15. The number of ketones is 1. The number of ether oxygens (including phenoxy) is 1. The van der Waals surface area contributed by atoms with E-state index in [1.54, 1.807) is 18.2 Å².